The Labute approximate surface area is 104 Å². The van der Waals surface area contributed by atoms with Gasteiger partial charge in [-0.25, -0.2) is 9.78 Å². The molecule has 1 saturated carbocycles. The fraction of sp³-hybridized carbons (Fsp3) is 0.636. The quantitative estimate of drug-likeness (QED) is 0.750. The van der Waals surface area contributed by atoms with E-state index in [1.54, 1.807) is 0 Å². The summed E-state index contributed by atoms with van der Waals surface area (Å²) in [5.41, 5.74) is 0.902. The molecule has 2 amide bonds. The van der Waals surface area contributed by atoms with Crippen LogP contribution in [0.25, 0.3) is 0 Å². The molecular formula is C11H17N3O2S. The summed E-state index contributed by atoms with van der Waals surface area (Å²) in [4.78, 5) is 15.9. The number of carbonyl (C=O) groups excluding carboxylic acids is 1. The summed E-state index contributed by atoms with van der Waals surface area (Å²) in [5.74, 6) is 0.533. The molecule has 17 heavy (non-hydrogen) atoms. The van der Waals surface area contributed by atoms with Crippen molar-refractivity contribution in [1.82, 2.24) is 10.3 Å². The zero-order valence-corrected chi connectivity index (χ0v) is 10.6. The Hall–Kier alpha value is -1.14. The van der Waals surface area contributed by atoms with E-state index in [-0.39, 0.29) is 18.7 Å². The number of nitrogens with one attached hydrogen (secondary N) is 2. The van der Waals surface area contributed by atoms with Gasteiger partial charge in [0.1, 0.15) is 0 Å². The van der Waals surface area contributed by atoms with Gasteiger partial charge in [-0.15, -0.1) is 11.3 Å². The van der Waals surface area contributed by atoms with E-state index in [0.29, 0.717) is 17.5 Å². The molecule has 1 aromatic rings. The van der Waals surface area contributed by atoms with Crippen molar-refractivity contribution in [3.05, 3.63) is 11.1 Å². The second-order valence-corrected chi connectivity index (χ2v) is 5.21. The van der Waals surface area contributed by atoms with E-state index in [2.05, 4.69) is 15.6 Å². The Morgan fingerprint density at radius 1 is 1.71 bits per heavy atom. The molecule has 1 aliphatic rings. The van der Waals surface area contributed by atoms with Gasteiger partial charge in [-0.1, -0.05) is 0 Å². The molecule has 3 N–H and O–H groups in total. The van der Waals surface area contributed by atoms with Gasteiger partial charge in [0.15, 0.2) is 5.13 Å². The summed E-state index contributed by atoms with van der Waals surface area (Å²) >= 11 is 1.41. The first-order valence-corrected chi connectivity index (χ1v) is 6.67. The van der Waals surface area contributed by atoms with Crippen molar-refractivity contribution in [2.24, 2.45) is 5.92 Å². The number of aryl methyl sites for hydroxylation is 1. The fourth-order valence-electron chi connectivity index (χ4n) is 1.78. The summed E-state index contributed by atoms with van der Waals surface area (Å²) in [5, 5.41) is 17.0. The van der Waals surface area contributed by atoms with Gasteiger partial charge in [0.05, 0.1) is 5.69 Å². The minimum Gasteiger partial charge on any atom is -0.396 e. The lowest BCUT2D eigenvalue weighted by atomic mass is 10.1. The predicted octanol–water partition coefficient (Wildman–Crippen LogP) is 1.73. The van der Waals surface area contributed by atoms with E-state index in [1.807, 2.05) is 12.3 Å². The third-order valence-electron chi connectivity index (χ3n) is 2.79. The minimum absolute atomic E-state index is 0.0843. The van der Waals surface area contributed by atoms with Crippen LogP contribution in [0.15, 0.2) is 5.38 Å². The van der Waals surface area contributed by atoms with Crippen molar-refractivity contribution in [2.45, 2.75) is 32.2 Å². The fourth-order valence-corrected chi connectivity index (χ4v) is 2.46. The molecule has 5 nitrogen and oxygen atoms in total. The monoisotopic (exact) mass is 255 g/mol. The van der Waals surface area contributed by atoms with Crippen LogP contribution < -0.4 is 10.6 Å². The first-order valence-electron chi connectivity index (χ1n) is 5.79. The number of amides is 2. The maximum absolute atomic E-state index is 11.7. The smallest absolute Gasteiger partial charge is 0.321 e. The molecule has 0 spiro atoms. The molecule has 0 unspecified atom stereocenters. The number of rotatable bonds is 5. The van der Waals surface area contributed by atoms with Crippen LogP contribution in [0.4, 0.5) is 9.93 Å². The van der Waals surface area contributed by atoms with Crippen LogP contribution >= 0.6 is 11.3 Å². The van der Waals surface area contributed by atoms with E-state index in [4.69, 9.17) is 5.11 Å². The normalized spacial score (nSPS) is 16.6. The summed E-state index contributed by atoms with van der Waals surface area (Å²) < 4.78 is 0. The zero-order chi connectivity index (χ0) is 12.3. The molecule has 0 saturated heterocycles. The van der Waals surface area contributed by atoms with Gasteiger partial charge in [0, 0.05) is 18.0 Å². The average Bonchev–Trinajstić information content (AvgIpc) is 3.03. The highest BCUT2D eigenvalue weighted by Crippen LogP contribution is 2.33. The van der Waals surface area contributed by atoms with Gasteiger partial charge in [-0.2, -0.15) is 0 Å². The molecule has 1 fully saturated rings. The third kappa shape index (κ3) is 3.67. The molecule has 0 aromatic carbocycles. The molecule has 94 valence electrons. The van der Waals surface area contributed by atoms with Crippen LogP contribution in [0.1, 0.15) is 25.0 Å². The van der Waals surface area contributed by atoms with Crippen molar-refractivity contribution in [1.29, 1.82) is 0 Å². The number of nitrogens with zero attached hydrogens (tertiary/aromatic N) is 1. The highest BCUT2D eigenvalue weighted by atomic mass is 32.1. The number of hydrogen-bond acceptors (Lipinski definition) is 4. The third-order valence-corrected chi connectivity index (χ3v) is 3.66. The van der Waals surface area contributed by atoms with Gasteiger partial charge in [0.2, 0.25) is 0 Å². The first kappa shape index (κ1) is 12.3. The van der Waals surface area contributed by atoms with E-state index < -0.39 is 0 Å². The van der Waals surface area contributed by atoms with Crippen molar-refractivity contribution in [2.75, 3.05) is 11.9 Å². The summed E-state index contributed by atoms with van der Waals surface area (Å²) in [7, 11) is 0. The number of urea groups is 1. The predicted molar refractivity (Wildman–Crippen MR) is 67.2 cm³/mol. The lowest BCUT2D eigenvalue weighted by Gasteiger charge is -2.16. The van der Waals surface area contributed by atoms with Crippen LogP contribution in [0.2, 0.25) is 0 Å². The molecule has 1 aromatic heterocycles. The van der Waals surface area contributed by atoms with E-state index in [0.717, 1.165) is 18.5 Å². The van der Waals surface area contributed by atoms with E-state index >= 15 is 0 Å². The van der Waals surface area contributed by atoms with Crippen LogP contribution in [0, 0.1) is 12.8 Å². The van der Waals surface area contributed by atoms with Crippen LogP contribution in [-0.2, 0) is 0 Å². The number of aromatic nitrogens is 1. The summed E-state index contributed by atoms with van der Waals surface area (Å²) in [6.45, 7) is 2.00. The lowest BCUT2D eigenvalue weighted by molar-refractivity contribution is 0.234. The molecule has 1 aliphatic carbocycles. The number of aliphatic hydroxyl groups is 1. The van der Waals surface area contributed by atoms with Gasteiger partial charge < -0.3 is 10.4 Å². The zero-order valence-electron chi connectivity index (χ0n) is 9.77. The summed E-state index contributed by atoms with van der Waals surface area (Å²) in [6, 6.07) is -0.147. The Kier molecular flexibility index (Phi) is 3.96. The number of carbonyl (C=O) groups is 1. The van der Waals surface area contributed by atoms with Crippen molar-refractivity contribution in [3.8, 4) is 0 Å². The van der Waals surface area contributed by atoms with Gasteiger partial charge in [-0.3, -0.25) is 5.32 Å². The number of hydrogen-bond donors (Lipinski definition) is 3. The lowest BCUT2D eigenvalue weighted by Crippen LogP contribution is -2.39. The van der Waals surface area contributed by atoms with Crippen molar-refractivity contribution < 1.29 is 9.90 Å². The van der Waals surface area contributed by atoms with Crippen molar-refractivity contribution in [3.63, 3.8) is 0 Å². The summed E-state index contributed by atoms with van der Waals surface area (Å²) in [6.07, 6.45) is 2.90. The number of thiazole rings is 1. The Balaban J connectivity index is 1.83. The van der Waals surface area contributed by atoms with Crippen LogP contribution in [-0.4, -0.2) is 28.8 Å². The second-order valence-electron chi connectivity index (χ2n) is 4.35. The van der Waals surface area contributed by atoms with E-state index in [9.17, 15) is 4.79 Å². The largest absolute Gasteiger partial charge is 0.396 e. The molecule has 0 aliphatic heterocycles. The first-order chi connectivity index (χ1) is 8.19. The highest BCUT2D eigenvalue weighted by molar-refractivity contribution is 7.13. The number of anilines is 1. The maximum Gasteiger partial charge on any atom is 0.321 e. The van der Waals surface area contributed by atoms with Gasteiger partial charge >= 0.3 is 6.03 Å². The Morgan fingerprint density at radius 2 is 2.47 bits per heavy atom. The van der Waals surface area contributed by atoms with Crippen molar-refractivity contribution >= 4 is 22.5 Å². The van der Waals surface area contributed by atoms with Crippen LogP contribution in [0.3, 0.4) is 0 Å². The molecule has 1 heterocycles. The molecule has 2 rings (SSSR count). The molecule has 0 radical (unpaired) electrons. The highest BCUT2D eigenvalue weighted by Gasteiger charge is 2.31. The van der Waals surface area contributed by atoms with Gasteiger partial charge in [-0.05, 0) is 32.1 Å². The second kappa shape index (κ2) is 5.46. The SMILES string of the molecule is Cc1csc(NC(=O)N[C@@H](CCO)C2CC2)n1. The molecule has 0 bridgehead atoms. The Bertz CT molecular complexity index is 390. The molecule has 1 atom stereocenters. The Morgan fingerprint density at radius 3 is 3.00 bits per heavy atom. The van der Waals surface area contributed by atoms with Gasteiger partial charge in [0.25, 0.3) is 0 Å². The standard InChI is InChI=1S/C11H17N3O2S/c1-7-6-17-11(12-7)14-10(16)13-9(4-5-15)8-2-3-8/h6,8-9,15H,2-5H2,1H3,(H2,12,13,14,16)/t9-/m0/s1. The number of aliphatic hydroxyl groups excluding tert-OH is 1. The molecule has 6 heteroatoms. The maximum atomic E-state index is 11.7. The van der Waals surface area contributed by atoms with E-state index in [1.165, 1.54) is 11.3 Å². The van der Waals surface area contributed by atoms with Crippen LogP contribution in [0.5, 0.6) is 0 Å². The minimum atomic E-state index is -0.232. The topological polar surface area (TPSA) is 74.2 Å². The molecular weight excluding hydrogens is 238 g/mol. The average molecular weight is 255 g/mol.